The minimum atomic E-state index is -0.383. The Kier molecular flexibility index (Phi) is 6.69. The predicted octanol–water partition coefficient (Wildman–Crippen LogP) is 1.89. The second-order valence-corrected chi connectivity index (χ2v) is 6.54. The van der Waals surface area contributed by atoms with Gasteiger partial charge in [0.15, 0.2) is 0 Å². The number of nitrogens with zero attached hydrogens (tertiary/aromatic N) is 1. The zero-order valence-corrected chi connectivity index (χ0v) is 13.3. The molecule has 1 aliphatic rings. The van der Waals surface area contributed by atoms with Gasteiger partial charge in [0.25, 0.3) is 0 Å². The van der Waals surface area contributed by atoms with Crippen LogP contribution in [0.4, 0.5) is 0 Å². The van der Waals surface area contributed by atoms with Gasteiger partial charge >= 0.3 is 0 Å². The van der Waals surface area contributed by atoms with Crippen molar-refractivity contribution >= 4 is 23.6 Å². The summed E-state index contributed by atoms with van der Waals surface area (Å²) in [5.41, 5.74) is 0. The molecule has 0 bridgehead atoms. The largest absolute Gasteiger partial charge is 0.343 e. The van der Waals surface area contributed by atoms with Crippen LogP contribution in [-0.2, 0) is 9.59 Å². The second-order valence-electron chi connectivity index (χ2n) is 5.14. The third kappa shape index (κ3) is 4.13. The molecular weight excluding hydrogens is 260 g/mol. The fourth-order valence-electron chi connectivity index (χ4n) is 2.41. The second kappa shape index (κ2) is 7.78. The lowest BCUT2D eigenvalue weighted by atomic mass is 9.93. The van der Waals surface area contributed by atoms with Crippen LogP contribution in [0.1, 0.15) is 40.5 Å². The van der Waals surface area contributed by atoms with Gasteiger partial charge in [-0.15, -0.1) is 0 Å². The van der Waals surface area contributed by atoms with Crippen LogP contribution in [0.15, 0.2) is 0 Å². The number of rotatable bonds is 7. The first kappa shape index (κ1) is 16.3. The molecule has 110 valence electrons. The lowest BCUT2D eigenvalue weighted by Crippen LogP contribution is -2.64. The third-order valence-corrected chi connectivity index (χ3v) is 4.68. The topological polar surface area (TPSA) is 49.4 Å². The Bertz CT molecular complexity index is 323. The fourth-order valence-corrected chi connectivity index (χ4v) is 3.03. The van der Waals surface area contributed by atoms with Gasteiger partial charge < -0.3 is 10.2 Å². The standard InChI is InChI=1S/C14H26N2O2S/c1-5-10(3)12-13(17)15-11(4)14(18)16(12)8-7-9-19-6-2/h10-12H,5-9H2,1-4H3,(H,15,17). The van der Waals surface area contributed by atoms with Crippen molar-refractivity contribution in [3.05, 3.63) is 0 Å². The number of nitrogens with one attached hydrogen (secondary N) is 1. The summed E-state index contributed by atoms with van der Waals surface area (Å²) in [6, 6.07) is -0.674. The third-order valence-electron chi connectivity index (χ3n) is 3.69. The van der Waals surface area contributed by atoms with E-state index in [1.165, 1.54) is 0 Å². The normalized spacial score (nSPS) is 25.4. The zero-order chi connectivity index (χ0) is 14.4. The molecule has 1 saturated heterocycles. The van der Waals surface area contributed by atoms with Crippen molar-refractivity contribution in [2.75, 3.05) is 18.1 Å². The molecule has 1 N–H and O–H groups in total. The van der Waals surface area contributed by atoms with Crippen LogP contribution in [0.5, 0.6) is 0 Å². The van der Waals surface area contributed by atoms with Gasteiger partial charge in [0.2, 0.25) is 11.8 Å². The smallest absolute Gasteiger partial charge is 0.245 e. The highest BCUT2D eigenvalue weighted by atomic mass is 32.2. The number of piperazine rings is 1. The van der Waals surface area contributed by atoms with E-state index in [0.717, 1.165) is 24.3 Å². The van der Waals surface area contributed by atoms with E-state index in [1.54, 1.807) is 11.8 Å². The SMILES string of the molecule is CCSCCCN1C(=O)C(C)NC(=O)C1C(C)CC. The number of carbonyl (C=O) groups excluding carboxylic acids is 2. The van der Waals surface area contributed by atoms with Crippen molar-refractivity contribution in [2.24, 2.45) is 5.92 Å². The lowest BCUT2D eigenvalue weighted by molar-refractivity contribution is -0.150. The van der Waals surface area contributed by atoms with Gasteiger partial charge in [-0.2, -0.15) is 11.8 Å². The van der Waals surface area contributed by atoms with E-state index < -0.39 is 0 Å². The maximum absolute atomic E-state index is 12.3. The van der Waals surface area contributed by atoms with Crippen LogP contribution in [0.25, 0.3) is 0 Å². The molecule has 1 aliphatic heterocycles. The Balaban J connectivity index is 2.72. The van der Waals surface area contributed by atoms with Gasteiger partial charge in [-0.05, 0) is 30.8 Å². The van der Waals surface area contributed by atoms with Gasteiger partial charge in [-0.3, -0.25) is 9.59 Å². The molecule has 0 aromatic rings. The van der Waals surface area contributed by atoms with Gasteiger partial charge in [0, 0.05) is 6.54 Å². The molecule has 4 nitrogen and oxygen atoms in total. The molecule has 0 aromatic heterocycles. The summed E-state index contributed by atoms with van der Waals surface area (Å²) < 4.78 is 0. The Morgan fingerprint density at radius 2 is 2.05 bits per heavy atom. The molecule has 0 spiro atoms. The van der Waals surface area contributed by atoms with E-state index in [1.807, 2.05) is 18.7 Å². The highest BCUT2D eigenvalue weighted by Crippen LogP contribution is 2.20. The summed E-state index contributed by atoms with van der Waals surface area (Å²) in [5, 5.41) is 2.79. The first-order valence-electron chi connectivity index (χ1n) is 7.21. The van der Waals surface area contributed by atoms with Crippen LogP contribution in [0.3, 0.4) is 0 Å². The Labute approximate surface area is 120 Å². The monoisotopic (exact) mass is 286 g/mol. The molecule has 0 radical (unpaired) electrons. The summed E-state index contributed by atoms with van der Waals surface area (Å²) in [7, 11) is 0. The van der Waals surface area contributed by atoms with Crippen LogP contribution < -0.4 is 5.32 Å². The highest BCUT2D eigenvalue weighted by Gasteiger charge is 2.40. The van der Waals surface area contributed by atoms with Crippen molar-refractivity contribution < 1.29 is 9.59 Å². The summed E-state index contributed by atoms with van der Waals surface area (Å²) in [4.78, 5) is 26.2. The number of thioether (sulfide) groups is 1. The van der Waals surface area contributed by atoms with Crippen molar-refractivity contribution in [2.45, 2.75) is 52.6 Å². The minimum Gasteiger partial charge on any atom is -0.343 e. The first-order chi connectivity index (χ1) is 9.02. The summed E-state index contributed by atoms with van der Waals surface area (Å²) >= 11 is 1.88. The van der Waals surface area contributed by atoms with Crippen LogP contribution in [0, 0.1) is 5.92 Å². The quantitative estimate of drug-likeness (QED) is 0.727. The maximum atomic E-state index is 12.3. The van der Waals surface area contributed by atoms with Gasteiger partial charge in [0.1, 0.15) is 12.1 Å². The van der Waals surface area contributed by atoms with E-state index in [0.29, 0.717) is 6.54 Å². The molecule has 1 rings (SSSR count). The molecule has 0 aliphatic carbocycles. The molecule has 3 atom stereocenters. The highest BCUT2D eigenvalue weighted by molar-refractivity contribution is 7.99. The number of hydrogen-bond donors (Lipinski definition) is 1. The van der Waals surface area contributed by atoms with E-state index in [9.17, 15) is 9.59 Å². The minimum absolute atomic E-state index is 0.00425. The molecule has 1 heterocycles. The molecule has 1 fully saturated rings. The van der Waals surface area contributed by atoms with Crippen molar-refractivity contribution in [3.8, 4) is 0 Å². The molecule has 5 heteroatoms. The van der Waals surface area contributed by atoms with Crippen LogP contribution in [0.2, 0.25) is 0 Å². The van der Waals surface area contributed by atoms with Crippen LogP contribution >= 0.6 is 11.8 Å². The van der Waals surface area contributed by atoms with Crippen molar-refractivity contribution in [1.29, 1.82) is 0 Å². The first-order valence-corrected chi connectivity index (χ1v) is 8.36. The van der Waals surface area contributed by atoms with E-state index >= 15 is 0 Å². The molecule has 0 aromatic carbocycles. The van der Waals surface area contributed by atoms with Crippen molar-refractivity contribution in [3.63, 3.8) is 0 Å². The van der Waals surface area contributed by atoms with Gasteiger partial charge in [-0.1, -0.05) is 27.2 Å². The Morgan fingerprint density at radius 3 is 2.63 bits per heavy atom. The summed E-state index contributed by atoms with van der Waals surface area (Å²) in [6.45, 7) is 8.69. The average molecular weight is 286 g/mol. The van der Waals surface area contributed by atoms with Crippen molar-refractivity contribution in [1.82, 2.24) is 10.2 Å². The Morgan fingerprint density at radius 1 is 1.37 bits per heavy atom. The number of amides is 2. The Hall–Kier alpha value is -0.710. The average Bonchev–Trinajstić information content (AvgIpc) is 2.39. The predicted molar refractivity (Wildman–Crippen MR) is 80.2 cm³/mol. The summed E-state index contributed by atoms with van der Waals surface area (Å²) in [6.07, 6.45) is 1.86. The fraction of sp³-hybridized carbons (Fsp3) is 0.857. The van der Waals surface area contributed by atoms with E-state index in [4.69, 9.17) is 0 Å². The van der Waals surface area contributed by atoms with E-state index in [-0.39, 0.29) is 29.8 Å². The van der Waals surface area contributed by atoms with E-state index in [2.05, 4.69) is 19.2 Å². The lowest BCUT2D eigenvalue weighted by Gasteiger charge is -2.40. The maximum Gasteiger partial charge on any atom is 0.245 e. The molecule has 3 unspecified atom stereocenters. The van der Waals surface area contributed by atoms with Crippen LogP contribution in [-0.4, -0.2) is 46.8 Å². The van der Waals surface area contributed by atoms with Gasteiger partial charge in [-0.25, -0.2) is 0 Å². The van der Waals surface area contributed by atoms with Gasteiger partial charge in [0.05, 0.1) is 0 Å². The zero-order valence-electron chi connectivity index (χ0n) is 12.4. The molecular formula is C14H26N2O2S. The molecule has 0 saturated carbocycles. The summed E-state index contributed by atoms with van der Waals surface area (Å²) in [5.74, 6) is 2.41. The number of hydrogen-bond acceptors (Lipinski definition) is 3. The molecule has 2 amide bonds. The molecule has 19 heavy (non-hydrogen) atoms. The number of carbonyl (C=O) groups is 2.